The predicted octanol–water partition coefficient (Wildman–Crippen LogP) is 5.06. The molecule has 8 heteroatoms. The van der Waals surface area contributed by atoms with E-state index in [0.29, 0.717) is 17.5 Å². The fourth-order valence-corrected chi connectivity index (χ4v) is 3.71. The van der Waals surface area contributed by atoms with Crippen LogP contribution in [0, 0.1) is 0 Å². The Morgan fingerprint density at radius 3 is 2.06 bits per heavy atom. The number of ketones is 1. The van der Waals surface area contributed by atoms with Crippen LogP contribution < -0.4 is 0 Å². The van der Waals surface area contributed by atoms with Crippen molar-refractivity contribution in [2.45, 2.75) is 55.7 Å². The van der Waals surface area contributed by atoms with Crippen molar-refractivity contribution in [2.24, 2.45) is 5.16 Å². The molecule has 33 heavy (non-hydrogen) atoms. The number of benzene rings is 2. The summed E-state index contributed by atoms with van der Waals surface area (Å²) < 4.78 is 4.89. The molecule has 2 aromatic rings. The summed E-state index contributed by atoms with van der Waals surface area (Å²) in [6.07, 6.45) is 4.40. The molecule has 0 spiro atoms. The van der Waals surface area contributed by atoms with Crippen molar-refractivity contribution in [3.63, 3.8) is 0 Å². The maximum atomic E-state index is 12.9. The monoisotopic (exact) mass is 471 g/mol. The predicted molar refractivity (Wildman–Crippen MR) is 127 cm³/mol. The van der Waals surface area contributed by atoms with Gasteiger partial charge in [-0.1, -0.05) is 43.1 Å². The highest BCUT2D eigenvalue weighted by Gasteiger charge is 2.16. The molecule has 0 atom stereocenters. The van der Waals surface area contributed by atoms with Gasteiger partial charge < -0.3 is 14.7 Å². The zero-order chi connectivity index (χ0) is 24.1. The Morgan fingerprint density at radius 2 is 1.52 bits per heavy atom. The molecule has 0 fully saturated rings. The molecule has 0 saturated heterocycles. The SMILES string of the molecule is CCCCCC/C(=N\OC(C)=O)C(=O)c1ccc(Sc2ccc(C(=O)OCCO)cc2)cc1. The van der Waals surface area contributed by atoms with E-state index in [4.69, 9.17) is 14.7 Å². The maximum Gasteiger partial charge on any atom is 0.338 e. The van der Waals surface area contributed by atoms with Gasteiger partial charge in [0.2, 0.25) is 5.78 Å². The third kappa shape index (κ3) is 9.19. The van der Waals surface area contributed by atoms with Crippen LogP contribution in [-0.2, 0) is 14.4 Å². The average Bonchev–Trinajstić information content (AvgIpc) is 2.82. The Kier molecular flexibility index (Phi) is 11.3. The smallest absolute Gasteiger partial charge is 0.338 e. The third-order valence-electron chi connectivity index (χ3n) is 4.58. The Bertz CT molecular complexity index is 954. The number of aliphatic hydroxyl groups is 1. The quantitative estimate of drug-likeness (QED) is 0.109. The first-order valence-electron chi connectivity index (χ1n) is 10.9. The zero-order valence-corrected chi connectivity index (χ0v) is 19.7. The van der Waals surface area contributed by atoms with E-state index in [0.717, 1.165) is 35.5 Å². The Hall–Kier alpha value is -2.97. The number of carbonyl (C=O) groups is 3. The molecule has 0 aliphatic rings. The molecule has 7 nitrogen and oxygen atoms in total. The summed E-state index contributed by atoms with van der Waals surface area (Å²) in [7, 11) is 0. The summed E-state index contributed by atoms with van der Waals surface area (Å²) in [6, 6.07) is 14.1. The van der Waals surface area contributed by atoms with E-state index in [9.17, 15) is 14.4 Å². The molecule has 0 saturated carbocycles. The van der Waals surface area contributed by atoms with Crippen molar-refractivity contribution < 1.29 is 29.1 Å². The fraction of sp³-hybridized carbons (Fsp3) is 0.360. The lowest BCUT2D eigenvalue weighted by atomic mass is 10.0. The standard InChI is InChI=1S/C25H29NO6S/c1-3-4-5-6-7-23(26-32-18(2)28)24(29)19-8-12-21(13-9-19)33-22-14-10-20(11-15-22)25(30)31-17-16-27/h8-15,27H,3-7,16-17H2,1-2H3/b26-23+. The minimum atomic E-state index is -0.562. The van der Waals surface area contributed by atoms with Gasteiger partial charge in [-0.3, -0.25) is 4.79 Å². The second kappa shape index (κ2) is 14.2. The van der Waals surface area contributed by atoms with Crippen molar-refractivity contribution in [3.8, 4) is 0 Å². The van der Waals surface area contributed by atoms with Gasteiger partial charge in [0.25, 0.3) is 0 Å². The summed E-state index contributed by atoms with van der Waals surface area (Å²) >= 11 is 1.49. The van der Waals surface area contributed by atoms with E-state index in [2.05, 4.69) is 12.1 Å². The van der Waals surface area contributed by atoms with Crippen LogP contribution >= 0.6 is 11.8 Å². The molecule has 0 heterocycles. The second-order valence-corrected chi connectivity index (χ2v) is 8.42. The molecule has 0 aliphatic carbocycles. The van der Waals surface area contributed by atoms with Crippen LogP contribution in [0.1, 0.15) is 66.7 Å². The van der Waals surface area contributed by atoms with Crippen molar-refractivity contribution in [1.29, 1.82) is 0 Å². The van der Waals surface area contributed by atoms with Gasteiger partial charge in [0, 0.05) is 22.3 Å². The zero-order valence-electron chi connectivity index (χ0n) is 18.9. The number of carbonyl (C=O) groups excluding carboxylic acids is 3. The molecule has 0 amide bonds. The van der Waals surface area contributed by atoms with Gasteiger partial charge in [0.05, 0.1) is 12.2 Å². The molecule has 176 valence electrons. The molecule has 1 N–H and O–H groups in total. The fourth-order valence-electron chi connectivity index (χ4n) is 2.90. The van der Waals surface area contributed by atoms with Gasteiger partial charge in [-0.2, -0.15) is 0 Å². The van der Waals surface area contributed by atoms with Crippen LogP contribution in [0.15, 0.2) is 63.5 Å². The summed E-state index contributed by atoms with van der Waals surface area (Å²) in [4.78, 5) is 42.4. The average molecular weight is 472 g/mol. The first-order valence-corrected chi connectivity index (χ1v) is 11.7. The first kappa shape index (κ1) is 26.3. The molecule has 2 rings (SSSR count). The van der Waals surface area contributed by atoms with E-state index < -0.39 is 11.9 Å². The van der Waals surface area contributed by atoms with Crippen molar-refractivity contribution in [2.75, 3.05) is 13.2 Å². The van der Waals surface area contributed by atoms with Gasteiger partial charge in [-0.15, -0.1) is 0 Å². The van der Waals surface area contributed by atoms with Gasteiger partial charge in [0.15, 0.2) is 0 Å². The number of esters is 1. The van der Waals surface area contributed by atoms with Crippen LogP contribution in [0.5, 0.6) is 0 Å². The number of ether oxygens (including phenoxy) is 1. The molecule has 0 unspecified atom stereocenters. The summed E-state index contributed by atoms with van der Waals surface area (Å²) in [5.74, 6) is -1.30. The number of Topliss-reactive ketones (excluding diaryl/α,β-unsaturated/α-hetero) is 1. The lowest BCUT2D eigenvalue weighted by Crippen LogP contribution is -2.16. The Labute approximate surface area is 198 Å². The Morgan fingerprint density at radius 1 is 0.909 bits per heavy atom. The molecular formula is C25H29NO6S. The van der Waals surface area contributed by atoms with Gasteiger partial charge in [-0.05, 0) is 61.4 Å². The van der Waals surface area contributed by atoms with E-state index >= 15 is 0 Å². The van der Waals surface area contributed by atoms with Crippen LogP contribution in [0.2, 0.25) is 0 Å². The second-order valence-electron chi connectivity index (χ2n) is 7.27. The summed E-state index contributed by atoms with van der Waals surface area (Å²) in [5, 5.41) is 12.5. The van der Waals surface area contributed by atoms with Gasteiger partial charge >= 0.3 is 11.9 Å². The number of hydrogen-bond donors (Lipinski definition) is 1. The highest BCUT2D eigenvalue weighted by atomic mass is 32.2. The number of rotatable bonds is 13. The van der Waals surface area contributed by atoms with E-state index in [1.165, 1.54) is 18.7 Å². The third-order valence-corrected chi connectivity index (χ3v) is 5.60. The number of unbranched alkanes of at least 4 members (excludes halogenated alkanes) is 3. The highest BCUT2D eigenvalue weighted by Crippen LogP contribution is 2.28. The van der Waals surface area contributed by atoms with Crippen LogP contribution in [-0.4, -0.2) is 41.8 Å². The lowest BCUT2D eigenvalue weighted by Gasteiger charge is -2.07. The van der Waals surface area contributed by atoms with Crippen molar-refractivity contribution in [1.82, 2.24) is 0 Å². The van der Waals surface area contributed by atoms with Crippen LogP contribution in [0.4, 0.5) is 0 Å². The van der Waals surface area contributed by atoms with E-state index in [1.807, 2.05) is 12.1 Å². The summed E-state index contributed by atoms with van der Waals surface area (Å²) in [6.45, 7) is 3.11. The number of nitrogens with zero attached hydrogens (tertiary/aromatic N) is 1. The number of hydrogen-bond acceptors (Lipinski definition) is 8. The number of oxime groups is 1. The largest absolute Gasteiger partial charge is 0.460 e. The Balaban J connectivity index is 2.03. The number of aliphatic hydroxyl groups excluding tert-OH is 1. The van der Waals surface area contributed by atoms with Crippen LogP contribution in [0.3, 0.4) is 0 Å². The topological polar surface area (TPSA) is 102 Å². The first-order chi connectivity index (χ1) is 15.9. The molecular weight excluding hydrogens is 442 g/mol. The van der Waals surface area contributed by atoms with Crippen molar-refractivity contribution >= 4 is 35.2 Å². The van der Waals surface area contributed by atoms with Crippen LogP contribution in [0.25, 0.3) is 0 Å². The molecule has 0 bridgehead atoms. The van der Waals surface area contributed by atoms with E-state index in [-0.39, 0.29) is 24.7 Å². The van der Waals surface area contributed by atoms with Gasteiger partial charge in [0.1, 0.15) is 12.3 Å². The minimum absolute atomic E-state index is 0.0353. The lowest BCUT2D eigenvalue weighted by molar-refractivity contribution is -0.140. The maximum absolute atomic E-state index is 12.9. The highest BCUT2D eigenvalue weighted by molar-refractivity contribution is 7.99. The molecule has 0 aromatic heterocycles. The van der Waals surface area contributed by atoms with Gasteiger partial charge in [-0.25, -0.2) is 9.59 Å². The van der Waals surface area contributed by atoms with Crippen molar-refractivity contribution in [3.05, 3.63) is 59.7 Å². The summed E-state index contributed by atoms with van der Waals surface area (Å²) in [5.41, 5.74) is 1.13. The normalized spacial score (nSPS) is 11.2. The minimum Gasteiger partial charge on any atom is -0.460 e. The molecule has 0 radical (unpaired) electrons. The molecule has 2 aromatic carbocycles. The van der Waals surface area contributed by atoms with E-state index in [1.54, 1.807) is 36.4 Å². The molecule has 0 aliphatic heterocycles.